The standard InChI is InChI=1S/C22H23ClN6O2/c1-30-17-7-5-13(11-15(17)23)19-26-16-12-14(6-8-18(16)31-19)29-21(25)27-20(24)28-22(29)9-3-2-4-10-22/h5-8,11-12H,2-4,9-10H2,1H3,(H4,24,25,27,28). The largest absolute Gasteiger partial charge is 0.495 e. The second-order valence-corrected chi connectivity index (χ2v) is 8.25. The van der Waals surface area contributed by atoms with E-state index in [9.17, 15) is 0 Å². The van der Waals surface area contributed by atoms with Crippen LogP contribution in [-0.4, -0.2) is 29.7 Å². The van der Waals surface area contributed by atoms with Crippen molar-refractivity contribution in [2.75, 3.05) is 12.0 Å². The van der Waals surface area contributed by atoms with Crippen molar-refractivity contribution in [3.8, 4) is 17.2 Å². The van der Waals surface area contributed by atoms with Crippen molar-refractivity contribution in [3.05, 3.63) is 41.4 Å². The number of nitrogens with zero attached hydrogens (tertiary/aromatic N) is 4. The molecule has 1 spiro atoms. The van der Waals surface area contributed by atoms with E-state index in [0.717, 1.165) is 36.9 Å². The monoisotopic (exact) mass is 438 g/mol. The zero-order chi connectivity index (χ0) is 21.6. The lowest BCUT2D eigenvalue weighted by atomic mass is 9.87. The van der Waals surface area contributed by atoms with E-state index in [1.807, 2.05) is 29.2 Å². The number of nitrogens with two attached hydrogens (primary N) is 2. The van der Waals surface area contributed by atoms with Gasteiger partial charge < -0.3 is 20.6 Å². The molecule has 1 aliphatic heterocycles. The van der Waals surface area contributed by atoms with Crippen molar-refractivity contribution < 1.29 is 9.15 Å². The second-order valence-electron chi connectivity index (χ2n) is 7.84. The minimum atomic E-state index is -0.502. The molecule has 1 aliphatic carbocycles. The van der Waals surface area contributed by atoms with Gasteiger partial charge in [-0.25, -0.2) is 9.98 Å². The van der Waals surface area contributed by atoms with Gasteiger partial charge in [0.15, 0.2) is 5.58 Å². The molecule has 8 nitrogen and oxygen atoms in total. The van der Waals surface area contributed by atoms with E-state index in [0.29, 0.717) is 33.7 Å². The lowest BCUT2D eigenvalue weighted by molar-refractivity contribution is 0.305. The molecule has 4 N–H and O–H groups in total. The average Bonchev–Trinajstić information content (AvgIpc) is 3.17. The summed E-state index contributed by atoms with van der Waals surface area (Å²) in [4.78, 5) is 15.6. The number of fused-ring (bicyclic) bond motifs is 1. The number of halogens is 1. The van der Waals surface area contributed by atoms with E-state index < -0.39 is 5.66 Å². The van der Waals surface area contributed by atoms with E-state index in [4.69, 9.17) is 37.2 Å². The Balaban J connectivity index is 1.55. The van der Waals surface area contributed by atoms with Gasteiger partial charge >= 0.3 is 0 Å². The number of guanidine groups is 2. The summed E-state index contributed by atoms with van der Waals surface area (Å²) < 4.78 is 11.2. The summed E-state index contributed by atoms with van der Waals surface area (Å²) in [5, 5.41) is 0.495. The summed E-state index contributed by atoms with van der Waals surface area (Å²) in [6.07, 6.45) is 5.05. The van der Waals surface area contributed by atoms with Crippen LogP contribution in [0.25, 0.3) is 22.6 Å². The number of oxazole rings is 1. The molecule has 0 amide bonds. The molecule has 0 radical (unpaired) electrons. The normalized spacial score (nSPS) is 18.2. The summed E-state index contributed by atoms with van der Waals surface area (Å²) in [6.45, 7) is 0. The molecule has 1 fully saturated rings. The third-order valence-electron chi connectivity index (χ3n) is 5.88. The highest BCUT2D eigenvalue weighted by atomic mass is 35.5. The fourth-order valence-corrected chi connectivity index (χ4v) is 4.73. The number of aromatic nitrogens is 1. The maximum atomic E-state index is 6.34. The Morgan fingerprint density at radius 3 is 2.65 bits per heavy atom. The SMILES string of the molecule is COc1ccc(-c2nc3cc(N4C(N)=NC(N)=NC45CCCCC5)ccc3o2)cc1Cl. The Morgan fingerprint density at radius 2 is 1.90 bits per heavy atom. The van der Waals surface area contributed by atoms with Gasteiger partial charge in [-0.3, -0.25) is 4.90 Å². The fraction of sp³-hybridized carbons (Fsp3) is 0.318. The topological polar surface area (TPSA) is 115 Å². The first kappa shape index (κ1) is 19.7. The molecule has 2 aliphatic rings. The number of hydrogen-bond acceptors (Lipinski definition) is 8. The molecular formula is C22H23ClN6O2. The number of anilines is 1. The maximum absolute atomic E-state index is 6.34. The van der Waals surface area contributed by atoms with Crippen LogP contribution >= 0.6 is 11.6 Å². The number of benzene rings is 2. The van der Waals surface area contributed by atoms with Crippen LogP contribution < -0.4 is 21.1 Å². The molecule has 160 valence electrons. The van der Waals surface area contributed by atoms with Crippen LogP contribution in [0.1, 0.15) is 32.1 Å². The summed E-state index contributed by atoms with van der Waals surface area (Å²) >= 11 is 6.26. The molecule has 9 heteroatoms. The van der Waals surface area contributed by atoms with Crippen molar-refractivity contribution in [2.45, 2.75) is 37.8 Å². The Hall–Kier alpha value is -3.26. The highest BCUT2D eigenvalue weighted by Crippen LogP contribution is 2.40. The van der Waals surface area contributed by atoms with E-state index in [-0.39, 0.29) is 5.96 Å². The molecular weight excluding hydrogens is 416 g/mol. The number of ether oxygens (including phenoxy) is 1. The van der Waals surface area contributed by atoms with Gasteiger partial charge in [-0.1, -0.05) is 18.0 Å². The van der Waals surface area contributed by atoms with E-state index in [1.54, 1.807) is 19.2 Å². The Labute approximate surface area is 184 Å². The van der Waals surface area contributed by atoms with E-state index >= 15 is 0 Å². The Kier molecular flexibility index (Phi) is 4.74. The van der Waals surface area contributed by atoms with Crippen LogP contribution in [0.5, 0.6) is 5.75 Å². The Bertz CT molecular complexity index is 1210. The van der Waals surface area contributed by atoms with Gasteiger partial charge in [-0.05, 0) is 62.1 Å². The molecule has 5 rings (SSSR count). The van der Waals surface area contributed by atoms with E-state index in [1.165, 1.54) is 6.42 Å². The molecule has 2 aromatic carbocycles. The van der Waals surface area contributed by atoms with Gasteiger partial charge in [0.1, 0.15) is 16.9 Å². The second kappa shape index (κ2) is 7.46. The quantitative estimate of drug-likeness (QED) is 0.631. The molecule has 1 saturated carbocycles. The number of hydrogen-bond donors (Lipinski definition) is 2. The summed E-state index contributed by atoms with van der Waals surface area (Å²) in [7, 11) is 1.58. The molecule has 0 unspecified atom stereocenters. The number of aliphatic imine (C=N–C) groups is 2. The van der Waals surface area contributed by atoms with Crippen LogP contribution in [0.4, 0.5) is 5.69 Å². The van der Waals surface area contributed by atoms with Crippen molar-refractivity contribution >= 4 is 40.3 Å². The lowest BCUT2D eigenvalue weighted by Crippen LogP contribution is -2.58. The van der Waals surface area contributed by atoms with Gasteiger partial charge in [-0.2, -0.15) is 4.99 Å². The van der Waals surface area contributed by atoms with Gasteiger partial charge in [0.05, 0.1) is 12.1 Å². The molecule has 31 heavy (non-hydrogen) atoms. The maximum Gasteiger partial charge on any atom is 0.227 e. The zero-order valence-corrected chi connectivity index (χ0v) is 17.9. The van der Waals surface area contributed by atoms with Crippen LogP contribution in [0.2, 0.25) is 5.02 Å². The molecule has 2 heterocycles. The van der Waals surface area contributed by atoms with Crippen molar-refractivity contribution in [1.29, 1.82) is 0 Å². The summed E-state index contributed by atoms with van der Waals surface area (Å²) in [6, 6.07) is 11.2. The van der Waals surface area contributed by atoms with Crippen molar-refractivity contribution in [1.82, 2.24) is 4.98 Å². The number of rotatable bonds is 3. The van der Waals surface area contributed by atoms with Gasteiger partial charge in [0.2, 0.25) is 17.8 Å². The van der Waals surface area contributed by atoms with Crippen LogP contribution in [0, 0.1) is 0 Å². The lowest BCUT2D eigenvalue weighted by Gasteiger charge is -2.45. The highest BCUT2D eigenvalue weighted by molar-refractivity contribution is 6.32. The van der Waals surface area contributed by atoms with Gasteiger partial charge in [0, 0.05) is 11.3 Å². The van der Waals surface area contributed by atoms with Crippen molar-refractivity contribution in [3.63, 3.8) is 0 Å². The third kappa shape index (κ3) is 3.37. The first-order valence-electron chi connectivity index (χ1n) is 10.2. The highest BCUT2D eigenvalue weighted by Gasteiger charge is 2.42. The summed E-state index contributed by atoms with van der Waals surface area (Å²) in [5.41, 5.74) is 14.8. The molecule has 1 aromatic heterocycles. The predicted molar refractivity (Wildman–Crippen MR) is 123 cm³/mol. The number of methoxy groups -OCH3 is 1. The molecule has 0 atom stereocenters. The van der Waals surface area contributed by atoms with Gasteiger partial charge in [-0.15, -0.1) is 0 Å². The first-order valence-corrected chi connectivity index (χ1v) is 10.6. The Morgan fingerprint density at radius 1 is 1.10 bits per heavy atom. The van der Waals surface area contributed by atoms with Gasteiger partial charge in [0.25, 0.3) is 0 Å². The zero-order valence-electron chi connectivity index (χ0n) is 17.1. The molecule has 0 bridgehead atoms. The van der Waals surface area contributed by atoms with Crippen LogP contribution in [-0.2, 0) is 0 Å². The van der Waals surface area contributed by atoms with Crippen LogP contribution in [0.3, 0.4) is 0 Å². The fourth-order valence-electron chi connectivity index (χ4n) is 4.47. The minimum absolute atomic E-state index is 0.233. The first-order chi connectivity index (χ1) is 15.0. The molecule has 3 aromatic rings. The van der Waals surface area contributed by atoms with Crippen LogP contribution in [0.15, 0.2) is 50.8 Å². The van der Waals surface area contributed by atoms with Crippen molar-refractivity contribution in [2.24, 2.45) is 21.5 Å². The molecule has 0 saturated heterocycles. The predicted octanol–water partition coefficient (Wildman–Crippen LogP) is 4.27. The minimum Gasteiger partial charge on any atom is -0.495 e. The summed E-state index contributed by atoms with van der Waals surface area (Å²) in [5.74, 6) is 1.66. The smallest absolute Gasteiger partial charge is 0.227 e. The average molecular weight is 439 g/mol. The van der Waals surface area contributed by atoms with E-state index in [2.05, 4.69) is 9.98 Å². The third-order valence-corrected chi connectivity index (χ3v) is 6.17.